The van der Waals surface area contributed by atoms with Crippen molar-refractivity contribution in [1.82, 2.24) is 0 Å². The van der Waals surface area contributed by atoms with Crippen molar-refractivity contribution in [2.45, 2.75) is 12.8 Å². The fraction of sp³-hybridized carbons (Fsp3) is 0.333. The fourth-order valence-corrected chi connectivity index (χ4v) is 1.28. The molecule has 0 aliphatic carbocycles. The zero-order valence-electron chi connectivity index (χ0n) is 7.48. The molecule has 1 heterocycles. The van der Waals surface area contributed by atoms with Crippen molar-refractivity contribution in [2.24, 2.45) is 0 Å². The predicted molar refractivity (Wildman–Crippen MR) is 56.7 cm³/mol. The molecule has 0 amide bonds. The summed E-state index contributed by atoms with van der Waals surface area (Å²) < 4.78 is 5.00. The van der Waals surface area contributed by atoms with E-state index in [1.165, 1.54) is 12.3 Å². The first-order chi connectivity index (χ1) is 6.74. The average molecular weight is 260 g/mol. The molecular weight excluding hydrogens is 250 g/mol. The zero-order chi connectivity index (χ0) is 10.4. The van der Waals surface area contributed by atoms with Crippen LogP contribution in [0, 0.1) is 10.1 Å². The summed E-state index contributed by atoms with van der Waals surface area (Å²) in [5.41, 5.74) is 0.180. The summed E-state index contributed by atoms with van der Waals surface area (Å²) >= 11 is 3.23. The number of furan rings is 1. The minimum absolute atomic E-state index is 0.180. The number of hydrogen-bond acceptors (Lipinski definition) is 3. The molecule has 5 heteroatoms. The second-order valence-electron chi connectivity index (χ2n) is 2.70. The highest BCUT2D eigenvalue weighted by Gasteiger charge is 2.10. The van der Waals surface area contributed by atoms with Crippen LogP contribution < -0.4 is 0 Å². The Bertz CT molecular complexity index is 319. The molecular formula is C9H10BrNO3. The van der Waals surface area contributed by atoms with Crippen LogP contribution in [-0.2, 0) is 0 Å². The molecule has 0 saturated carbocycles. The standard InChI is InChI=1S/C9H10BrNO3/c10-5-1-3-8(11(12)13)7-9-4-2-6-14-9/h2,4,6-7H,1,3,5H2/b8-7+. The molecule has 0 radical (unpaired) electrons. The summed E-state index contributed by atoms with van der Waals surface area (Å²) in [4.78, 5) is 10.2. The van der Waals surface area contributed by atoms with Crippen molar-refractivity contribution >= 4 is 22.0 Å². The van der Waals surface area contributed by atoms with Gasteiger partial charge >= 0.3 is 0 Å². The van der Waals surface area contributed by atoms with Crippen LogP contribution in [0.4, 0.5) is 0 Å². The van der Waals surface area contributed by atoms with Gasteiger partial charge in [-0.05, 0) is 18.6 Å². The lowest BCUT2D eigenvalue weighted by atomic mass is 10.2. The third-order valence-electron chi connectivity index (χ3n) is 1.65. The maximum Gasteiger partial charge on any atom is 0.249 e. The van der Waals surface area contributed by atoms with Gasteiger partial charge in [0, 0.05) is 11.8 Å². The lowest BCUT2D eigenvalue weighted by Gasteiger charge is -1.95. The number of allylic oxidation sites excluding steroid dienone is 1. The van der Waals surface area contributed by atoms with Crippen molar-refractivity contribution in [3.63, 3.8) is 0 Å². The van der Waals surface area contributed by atoms with E-state index >= 15 is 0 Å². The van der Waals surface area contributed by atoms with Gasteiger partial charge < -0.3 is 4.42 Å². The second-order valence-corrected chi connectivity index (χ2v) is 3.49. The largest absolute Gasteiger partial charge is 0.465 e. The van der Waals surface area contributed by atoms with E-state index in [0.717, 1.165) is 11.8 Å². The van der Waals surface area contributed by atoms with Crippen molar-refractivity contribution in [3.8, 4) is 0 Å². The van der Waals surface area contributed by atoms with Gasteiger partial charge in [0.25, 0.3) is 0 Å². The summed E-state index contributed by atoms with van der Waals surface area (Å²) in [7, 11) is 0. The average Bonchev–Trinajstić information content (AvgIpc) is 2.64. The number of nitrogens with zero attached hydrogens (tertiary/aromatic N) is 1. The lowest BCUT2D eigenvalue weighted by molar-refractivity contribution is -0.426. The Balaban J connectivity index is 2.72. The molecule has 1 aromatic rings. The van der Waals surface area contributed by atoms with Crippen LogP contribution in [0.2, 0.25) is 0 Å². The summed E-state index contributed by atoms with van der Waals surface area (Å²) in [6.07, 6.45) is 4.14. The Morgan fingerprint density at radius 2 is 2.50 bits per heavy atom. The number of halogens is 1. The molecule has 0 bridgehead atoms. The van der Waals surface area contributed by atoms with Crippen LogP contribution in [0.3, 0.4) is 0 Å². The molecule has 0 unspecified atom stereocenters. The molecule has 0 saturated heterocycles. The summed E-state index contributed by atoms with van der Waals surface area (Å²) in [5, 5.41) is 11.4. The molecule has 0 N–H and O–H groups in total. The monoisotopic (exact) mass is 259 g/mol. The lowest BCUT2D eigenvalue weighted by Crippen LogP contribution is -1.98. The van der Waals surface area contributed by atoms with E-state index in [9.17, 15) is 10.1 Å². The Morgan fingerprint density at radius 3 is 3.00 bits per heavy atom. The van der Waals surface area contributed by atoms with Crippen molar-refractivity contribution in [1.29, 1.82) is 0 Å². The van der Waals surface area contributed by atoms with Gasteiger partial charge in [-0.25, -0.2) is 0 Å². The van der Waals surface area contributed by atoms with Crippen LogP contribution in [0.15, 0.2) is 28.5 Å². The number of nitro groups is 1. The third kappa shape index (κ3) is 3.33. The maximum atomic E-state index is 10.6. The van der Waals surface area contributed by atoms with E-state index in [0.29, 0.717) is 12.2 Å². The van der Waals surface area contributed by atoms with E-state index in [2.05, 4.69) is 15.9 Å². The van der Waals surface area contributed by atoms with Gasteiger partial charge in [-0.3, -0.25) is 10.1 Å². The molecule has 0 atom stereocenters. The van der Waals surface area contributed by atoms with Crippen molar-refractivity contribution < 1.29 is 9.34 Å². The molecule has 0 spiro atoms. The quantitative estimate of drug-likeness (QED) is 0.464. The zero-order valence-corrected chi connectivity index (χ0v) is 9.07. The molecule has 0 aliphatic heterocycles. The molecule has 4 nitrogen and oxygen atoms in total. The molecule has 0 aromatic carbocycles. The maximum absolute atomic E-state index is 10.6. The normalized spacial score (nSPS) is 11.6. The highest BCUT2D eigenvalue weighted by atomic mass is 79.9. The van der Waals surface area contributed by atoms with E-state index < -0.39 is 0 Å². The van der Waals surface area contributed by atoms with E-state index in [4.69, 9.17) is 4.42 Å². The Hall–Kier alpha value is -1.10. The summed E-state index contributed by atoms with van der Waals surface area (Å²) in [6.45, 7) is 0. The van der Waals surface area contributed by atoms with E-state index in [1.54, 1.807) is 12.1 Å². The molecule has 76 valence electrons. The van der Waals surface area contributed by atoms with Gasteiger partial charge in [-0.2, -0.15) is 0 Å². The fourth-order valence-electron chi connectivity index (χ4n) is 1.00. The number of rotatable bonds is 5. The van der Waals surface area contributed by atoms with E-state index in [1.807, 2.05) is 0 Å². The molecule has 14 heavy (non-hydrogen) atoms. The molecule has 1 aromatic heterocycles. The molecule has 0 aliphatic rings. The molecule has 0 fully saturated rings. The van der Waals surface area contributed by atoms with Gasteiger partial charge in [0.1, 0.15) is 5.76 Å². The van der Waals surface area contributed by atoms with Crippen LogP contribution in [0.25, 0.3) is 6.08 Å². The van der Waals surface area contributed by atoms with Gasteiger partial charge in [0.15, 0.2) is 0 Å². The van der Waals surface area contributed by atoms with Crippen molar-refractivity contribution in [2.75, 3.05) is 5.33 Å². The van der Waals surface area contributed by atoms with Gasteiger partial charge in [0.2, 0.25) is 5.70 Å². The smallest absolute Gasteiger partial charge is 0.249 e. The Labute approximate surface area is 89.9 Å². The second kappa shape index (κ2) is 5.59. The topological polar surface area (TPSA) is 56.3 Å². The first-order valence-electron chi connectivity index (χ1n) is 4.18. The highest BCUT2D eigenvalue weighted by Crippen LogP contribution is 2.13. The van der Waals surface area contributed by atoms with E-state index in [-0.39, 0.29) is 10.6 Å². The van der Waals surface area contributed by atoms with Gasteiger partial charge in [0.05, 0.1) is 17.3 Å². The van der Waals surface area contributed by atoms with Crippen LogP contribution in [-0.4, -0.2) is 10.3 Å². The molecule has 1 rings (SSSR count). The van der Waals surface area contributed by atoms with Crippen LogP contribution >= 0.6 is 15.9 Å². The SMILES string of the molecule is O=[N+]([O-])/C(=C/c1ccco1)CCCBr. The predicted octanol–water partition coefficient (Wildman–Crippen LogP) is 3.07. The van der Waals surface area contributed by atoms with Crippen LogP contribution in [0.5, 0.6) is 0 Å². The number of hydrogen-bond donors (Lipinski definition) is 0. The Kier molecular flexibility index (Phi) is 4.39. The third-order valence-corrected chi connectivity index (χ3v) is 2.21. The minimum atomic E-state index is -0.370. The Morgan fingerprint density at radius 1 is 1.71 bits per heavy atom. The first-order valence-corrected chi connectivity index (χ1v) is 5.30. The summed E-state index contributed by atoms with van der Waals surface area (Å²) in [6, 6.07) is 3.39. The van der Waals surface area contributed by atoms with Crippen molar-refractivity contribution in [3.05, 3.63) is 40.0 Å². The first kappa shape index (κ1) is 11.0. The van der Waals surface area contributed by atoms with Gasteiger partial charge in [-0.15, -0.1) is 0 Å². The number of alkyl halides is 1. The summed E-state index contributed by atoms with van der Waals surface area (Å²) in [5.74, 6) is 0.520. The highest BCUT2D eigenvalue weighted by molar-refractivity contribution is 9.09. The minimum Gasteiger partial charge on any atom is -0.465 e. The van der Waals surface area contributed by atoms with Gasteiger partial charge in [-0.1, -0.05) is 15.9 Å². The van der Waals surface area contributed by atoms with Crippen LogP contribution in [0.1, 0.15) is 18.6 Å².